The molecule has 0 saturated heterocycles. The maximum atomic E-state index is 12.5. The molecule has 1 saturated carbocycles. The molecule has 4 nitrogen and oxygen atoms in total. The Morgan fingerprint density at radius 1 is 1.42 bits per heavy atom. The minimum Gasteiger partial charge on any atom is -0.339 e. The van der Waals surface area contributed by atoms with Crippen molar-refractivity contribution in [2.24, 2.45) is 11.7 Å². The molecule has 1 amide bonds. The smallest absolute Gasteiger partial charge is 0.253 e. The highest BCUT2D eigenvalue weighted by molar-refractivity contribution is 5.94. The van der Waals surface area contributed by atoms with Gasteiger partial charge in [-0.25, -0.2) is 0 Å². The summed E-state index contributed by atoms with van der Waals surface area (Å²) in [6, 6.07) is 3.94. The Bertz CT molecular complexity index is 439. The molecule has 1 fully saturated rings. The van der Waals surface area contributed by atoms with Crippen LogP contribution in [0.1, 0.15) is 48.7 Å². The number of rotatable bonds is 3. The van der Waals surface area contributed by atoms with E-state index in [9.17, 15) is 4.79 Å². The Morgan fingerprint density at radius 2 is 2.11 bits per heavy atom. The van der Waals surface area contributed by atoms with E-state index in [1.54, 1.807) is 18.3 Å². The standard InChI is InChI=1S/C15H23N3O/c1-11-3-5-14(6-4-11)18(2)15(19)12-7-8-17-13(9-12)10-16/h7-9,11,14H,3-6,10,16H2,1-2H3. The Morgan fingerprint density at radius 3 is 2.74 bits per heavy atom. The predicted molar refractivity (Wildman–Crippen MR) is 75.6 cm³/mol. The quantitative estimate of drug-likeness (QED) is 0.907. The zero-order chi connectivity index (χ0) is 13.8. The molecule has 4 heteroatoms. The van der Waals surface area contributed by atoms with Gasteiger partial charge >= 0.3 is 0 Å². The van der Waals surface area contributed by atoms with Gasteiger partial charge in [-0.3, -0.25) is 9.78 Å². The van der Waals surface area contributed by atoms with Gasteiger partial charge in [-0.15, -0.1) is 0 Å². The van der Waals surface area contributed by atoms with Crippen LogP contribution in [0.2, 0.25) is 0 Å². The van der Waals surface area contributed by atoms with E-state index in [0.29, 0.717) is 18.2 Å². The molecule has 0 unspecified atom stereocenters. The van der Waals surface area contributed by atoms with Crippen molar-refractivity contribution in [1.82, 2.24) is 9.88 Å². The monoisotopic (exact) mass is 261 g/mol. The first-order chi connectivity index (χ1) is 9.11. The number of carbonyl (C=O) groups excluding carboxylic acids is 1. The van der Waals surface area contributed by atoms with E-state index in [4.69, 9.17) is 5.73 Å². The minimum absolute atomic E-state index is 0.0802. The van der Waals surface area contributed by atoms with Crippen LogP contribution < -0.4 is 5.73 Å². The summed E-state index contributed by atoms with van der Waals surface area (Å²) in [6.45, 7) is 2.65. The summed E-state index contributed by atoms with van der Waals surface area (Å²) in [5.41, 5.74) is 7.02. The lowest BCUT2D eigenvalue weighted by Gasteiger charge is -2.33. The summed E-state index contributed by atoms with van der Waals surface area (Å²) >= 11 is 0. The molecule has 2 N–H and O–H groups in total. The number of pyridine rings is 1. The van der Waals surface area contributed by atoms with Gasteiger partial charge in [-0.05, 0) is 43.7 Å². The van der Waals surface area contributed by atoms with E-state index in [0.717, 1.165) is 24.5 Å². The van der Waals surface area contributed by atoms with Gasteiger partial charge < -0.3 is 10.6 Å². The topological polar surface area (TPSA) is 59.2 Å². The number of hydrogen-bond acceptors (Lipinski definition) is 3. The van der Waals surface area contributed by atoms with Crippen LogP contribution in [0, 0.1) is 5.92 Å². The van der Waals surface area contributed by atoms with E-state index >= 15 is 0 Å². The lowest BCUT2D eigenvalue weighted by Crippen LogP contribution is -2.39. The van der Waals surface area contributed by atoms with Crippen LogP contribution in [0.25, 0.3) is 0 Å². The summed E-state index contributed by atoms with van der Waals surface area (Å²) < 4.78 is 0. The molecule has 1 heterocycles. The van der Waals surface area contributed by atoms with Gasteiger partial charge in [-0.1, -0.05) is 6.92 Å². The molecule has 1 aliphatic rings. The van der Waals surface area contributed by atoms with Crippen molar-refractivity contribution in [2.45, 2.75) is 45.2 Å². The highest BCUT2D eigenvalue weighted by Gasteiger charge is 2.25. The van der Waals surface area contributed by atoms with Crippen molar-refractivity contribution in [3.63, 3.8) is 0 Å². The number of nitrogens with zero attached hydrogens (tertiary/aromatic N) is 2. The molecule has 104 valence electrons. The molecule has 0 aliphatic heterocycles. The van der Waals surface area contributed by atoms with Crippen LogP contribution in [-0.2, 0) is 6.54 Å². The first kappa shape index (κ1) is 14.0. The van der Waals surface area contributed by atoms with Gasteiger partial charge in [0.1, 0.15) is 0 Å². The Kier molecular flexibility index (Phi) is 4.53. The van der Waals surface area contributed by atoms with Crippen LogP contribution in [0.15, 0.2) is 18.3 Å². The molecule has 19 heavy (non-hydrogen) atoms. The average molecular weight is 261 g/mol. The van der Waals surface area contributed by atoms with Crippen molar-refractivity contribution in [1.29, 1.82) is 0 Å². The predicted octanol–water partition coefficient (Wildman–Crippen LogP) is 2.19. The Labute approximate surface area is 115 Å². The van der Waals surface area contributed by atoms with Crippen molar-refractivity contribution in [3.8, 4) is 0 Å². The fourth-order valence-electron chi connectivity index (χ4n) is 2.72. The molecular formula is C15H23N3O. The molecule has 0 spiro atoms. The molecule has 0 bridgehead atoms. The van der Waals surface area contributed by atoms with Gasteiger partial charge in [0.2, 0.25) is 0 Å². The maximum absolute atomic E-state index is 12.5. The zero-order valence-corrected chi connectivity index (χ0v) is 11.8. The molecule has 0 aromatic carbocycles. The molecule has 0 radical (unpaired) electrons. The summed E-state index contributed by atoms with van der Waals surface area (Å²) in [4.78, 5) is 18.5. The molecule has 1 aromatic heterocycles. The van der Waals surface area contributed by atoms with Gasteiger partial charge in [0.05, 0.1) is 5.69 Å². The van der Waals surface area contributed by atoms with Crippen molar-refractivity contribution in [2.75, 3.05) is 7.05 Å². The average Bonchev–Trinajstić information content (AvgIpc) is 2.46. The van der Waals surface area contributed by atoms with Gasteiger partial charge in [-0.2, -0.15) is 0 Å². The van der Waals surface area contributed by atoms with Crippen LogP contribution in [0.3, 0.4) is 0 Å². The van der Waals surface area contributed by atoms with E-state index in [-0.39, 0.29) is 5.91 Å². The third-order valence-corrected chi connectivity index (χ3v) is 4.13. The lowest BCUT2D eigenvalue weighted by atomic mass is 9.86. The first-order valence-electron chi connectivity index (χ1n) is 7.04. The third-order valence-electron chi connectivity index (χ3n) is 4.13. The molecule has 1 aromatic rings. The van der Waals surface area contributed by atoms with Gasteiger partial charge in [0.25, 0.3) is 5.91 Å². The molecule has 2 rings (SSSR count). The Hall–Kier alpha value is -1.42. The van der Waals surface area contributed by atoms with Crippen molar-refractivity contribution >= 4 is 5.91 Å². The normalized spacial score (nSPS) is 23.1. The lowest BCUT2D eigenvalue weighted by molar-refractivity contribution is 0.0679. The van der Waals surface area contributed by atoms with E-state index in [1.165, 1.54) is 12.8 Å². The second-order valence-electron chi connectivity index (χ2n) is 5.57. The van der Waals surface area contributed by atoms with Crippen molar-refractivity contribution in [3.05, 3.63) is 29.6 Å². The van der Waals surface area contributed by atoms with Crippen molar-refractivity contribution < 1.29 is 4.79 Å². The van der Waals surface area contributed by atoms with E-state index in [2.05, 4.69) is 11.9 Å². The summed E-state index contributed by atoms with van der Waals surface area (Å²) in [7, 11) is 1.91. The molecule has 1 aliphatic carbocycles. The third kappa shape index (κ3) is 3.32. The number of nitrogens with two attached hydrogens (primary N) is 1. The highest BCUT2D eigenvalue weighted by atomic mass is 16.2. The number of carbonyl (C=O) groups is 1. The Balaban J connectivity index is 2.05. The highest BCUT2D eigenvalue weighted by Crippen LogP contribution is 2.27. The first-order valence-corrected chi connectivity index (χ1v) is 7.04. The van der Waals surface area contributed by atoms with E-state index < -0.39 is 0 Å². The summed E-state index contributed by atoms with van der Waals surface area (Å²) in [5.74, 6) is 0.876. The molecule has 0 atom stereocenters. The number of amides is 1. The van der Waals surface area contributed by atoms with Crippen LogP contribution in [-0.4, -0.2) is 28.9 Å². The molecular weight excluding hydrogens is 238 g/mol. The van der Waals surface area contributed by atoms with Crippen LogP contribution in [0.4, 0.5) is 0 Å². The summed E-state index contributed by atoms with van der Waals surface area (Å²) in [5, 5.41) is 0. The van der Waals surface area contributed by atoms with Crippen LogP contribution in [0.5, 0.6) is 0 Å². The largest absolute Gasteiger partial charge is 0.339 e. The van der Waals surface area contributed by atoms with E-state index in [1.807, 2.05) is 11.9 Å². The zero-order valence-electron chi connectivity index (χ0n) is 11.8. The number of aromatic nitrogens is 1. The SMILES string of the molecule is CC1CCC(N(C)C(=O)c2ccnc(CN)c2)CC1. The second kappa shape index (κ2) is 6.15. The second-order valence-corrected chi connectivity index (χ2v) is 5.57. The number of hydrogen-bond donors (Lipinski definition) is 1. The fraction of sp³-hybridized carbons (Fsp3) is 0.600. The minimum atomic E-state index is 0.0802. The van der Waals surface area contributed by atoms with Crippen LogP contribution >= 0.6 is 0 Å². The van der Waals surface area contributed by atoms with Gasteiger partial charge in [0, 0.05) is 31.4 Å². The van der Waals surface area contributed by atoms with Gasteiger partial charge in [0.15, 0.2) is 0 Å². The maximum Gasteiger partial charge on any atom is 0.253 e. The fourth-order valence-corrected chi connectivity index (χ4v) is 2.72. The summed E-state index contributed by atoms with van der Waals surface area (Å²) in [6.07, 6.45) is 6.31.